The number of methoxy groups -OCH3 is 1. The van der Waals surface area contributed by atoms with Crippen LogP contribution in [0.3, 0.4) is 0 Å². The number of nitrogens with two attached hydrogens (primary N) is 1. The molecule has 2 N–H and O–H groups in total. The van der Waals surface area contributed by atoms with Crippen LogP contribution < -0.4 is 10.5 Å². The minimum absolute atomic E-state index is 0.298. The highest BCUT2D eigenvalue weighted by molar-refractivity contribution is 5.70. The quantitative estimate of drug-likeness (QED) is 0.765. The van der Waals surface area contributed by atoms with Gasteiger partial charge in [-0.05, 0) is 0 Å². The average molecular weight is 203 g/mol. The van der Waals surface area contributed by atoms with Crippen molar-refractivity contribution in [1.29, 1.82) is 0 Å². The first-order valence-corrected chi connectivity index (χ1v) is 4.22. The number of hydrogen-bond acceptors (Lipinski definition) is 6. The highest BCUT2D eigenvalue weighted by Gasteiger charge is 2.11. The minimum atomic E-state index is 0.298. The number of ether oxygens (including phenoxy) is 1. The summed E-state index contributed by atoms with van der Waals surface area (Å²) in [5.74, 6) is 0.735. The summed E-state index contributed by atoms with van der Waals surface area (Å²) < 4.78 is 5.12. The molecule has 0 aromatic carbocycles. The molecule has 0 fully saturated rings. The Morgan fingerprint density at radius 3 is 2.53 bits per heavy atom. The number of aromatic nitrogens is 4. The molecule has 2 heterocycles. The Hall–Kier alpha value is -2.24. The van der Waals surface area contributed by atoms with Crippen molar-refractivity contribution in [3.05, 3.63) is 25.0 Å². The third kappa shape index (κ3) is 1.69. The van der Waals surface area contributed by atoms with Gasteiger partial charge in [-0.1, -0.05) is 0 Å². The number of rotatable bonds is 2. The summed E-state index contributed by atoms with van der Waals surface area (Å²) in [5, 5.41) is 0. The van der Waals surface area contributed by atoms with Gasteiger partial charge in [-0.2, -0.15) is 0 Å². The molecule has 0 aliphatic carbocycles. The topological polar surface area (TPSA) is 86.8 Å². The second-order valence-corrected chi connectivity index (χ2v) is 2.77. The van der Waals surface area contributed by atoms with Crippen LogP contribution in [0.2, 0.25) is 0 Å². The fourth-order valence-electron chi connectivity index (χ4n) is 1.22. The van der Waals surface area contributed by atoms with E-state index in [0.717, 1.165) is 5.56 Å². The van der Waals surface area contributed by atoms with Crippen molar-refractivity contribution in [2.75, 3.05) is 12.8 Å². The Labute approximate surface area is 86.2 Å². The first kappa shape index (κ1) is 9.32. The molecular weight excluding hydrogens is 194 g/mol. The summed E-state index contributed by atoms with van der Waals surface area (Å²) in [6.45, 7) is 0. The molecule has 0 spiro atoms. The van der Waals surface area contributed by atoms with Gasteiger partial charge in [0, 0.05) is 18.0 Å². The average Bonchev–Trinajstić information content (AvgIpc) is 2.30. The van der Waals surface area contributed by atoms with E-state index in [4.69, 9.17) is 10.5 Å². The van der Waals surface area contributed by atoms with Crippen LogP contribution in [-0.2, 0) is 0 Å². The molecule has 2 aromatic rings. The van der Waals surface area contributed by atoms with Gasteiger partial charge in [-0.15, -0.1) is 0 Å². The summed E-state index contributed by atoms with van der Waals surface area (Å²) in [5.41, 5.74) is 6.98. The Morgan fingerprint density at radius 2 is 1.87 bits per heavy atom. The molecular formula is C9H9N5O. The highest BCUT2D eigenvalue weighted by atomic mass is 16.5. The molecule has 0 aliphatic heterocycles. The Bertz CT molecular complexity index is 459. The molecule has 2 aromatic heterocycles. The van der Waals surface area contributed by atoms with Crippen molar-refractivity contribution in [3.8, 4) is 17.0 Å². The van der Waals surface area contributed by atoms with Crippen LogP contribution in [0.1, 0.15) is 0 Å². The van der Waals surface area contributed by atoms with E-state index >= 15 is 0 Å². The van der Waals surface area contributed by atoms with Gasteiger partial charge in [-0.3, -0.25) is 0 Å². The lowest BCUT2D eigenvalue weighted by atomic mass is 10.2. The number of hydrogen-bond donors (Lipinski definition) is 1. The second-order valence-electron chi connectivity index (χ2n) is 2.77. The van der Waals surface area contributed by atoms with Crippen molar-refractivity contribution < 1.29 is 4.74 Å². The third-order valence-corrected chi connectivity index (χ3v) is 1.87. The number of nitrogen functional groups attached to an aromatic ring is 1. The van der Waals surface area contributed by atoms with Crippen molar-refractivity contribution >= 4 is 5.82 Å². The smallest absolute Gasteiger partial charge is 0.187 e. The maximum absolute atomic E-state index is 5.65. The summed E-state index contributed by atoms with van der Waals surface area (Å²) in [7, 11) is 1.52. The van der Waals surface area contributed by atoms with Crippen LogP contribution in [0.5, 0.6) is 5.75 Å². The first-order valence-electron chi connectivity index (χ1n) is 4.22. The zero-order valence-corrected chi connectivity index (χ0v) is 8.08. The number of nitrogens with zero attached hydrogens (tertiary/aromatic N) is 4. The Balaban J connectivity index is 2.58. The maximum atomic E-state index is 5.65. The van der Waals surface area contributed by atoms with Crippen molar-refractivity contribution in [2.45, 2.75) is 0 Å². The summed E-state index contributed by atoms with van der Waals surface area (Å²) in [6, 6.07) is 0. The van der Waals surface area contributed by atoms with E-state index in [1.54, 1.807) is 12.4 Å². The van der Waals surface area contributed by atoms with Gasteiger partial charge in [0.25, 0.3) is 0 Å². The lowest BCUT2D eigenvalue weighted by Gasteiger charge is -2.07. The van der Waals surface area contributed by atoms with E-state index in [1.807, 2.05) is 0 Å². The van der Waals surface area contributed by atoms with E-state index in [9.17, 15) is 0 Å². The molecule has 6 nitrogen and oxygen atoms in total. The van der Waals surface area contributed by atoms with Crippen LogP contribution in [0.4, 0.5) is 5.82 Å². The van der Waals surface area contributed by atoms with Gasteiger partial charge in [0.15, 0.2) is 11.6 Å². The largest absolute Gasteiger partial charge is 0.491 e. The number of anilines is 1. The zero-order chi connectivity index (χ0) is 10.7. The molecule has 0 saturated carbocycles. The van der Waals surface area contributed by atoms with E-state index in [1.165, 1.54) is 19.8 Å². The van der Waals surface area contributed by atoms with Crippen LogP contribution in [0, 0.1) is 0 Å². The SMILES string of the molecule is COc1c(N)ncnc1-c1cncnc1. The van der Waals surface area contributed by atoms with Gasteiger partial charge in [0.2, 0.25) is 0 Å². The fourth-order valence-corrected chi connectivity index (χ4v) is 1.22. The minimum Gasteiger partial charge on any atom is -0.491 e. The van der Waals surface area contributed by atoms with E-state index in [-0.39, 0.29) is 0 Å². The third-order valence-electron chi connectivity index (χ3n) is 1.87. The van der Waals surface area contributed by atoms with Crippen LogP contribution in [0.25, 0.3) is 11.3 Å². The molecule has 0 unspecified atom stereocenters. The molecule has 15 heavy (non-hydrogen) atoms. The zero-order valence-electron chi connectivity index (χ0n) is 8.08. The lowest BCUT2D eigenvalue weighted by Crippen LogP contribution is -2.00. The molecule has 0 bridgehead atoms. The Kier molecular flexibility index (Phi) is 2.40. The molecule has 6 heteroatoms. The molecule has 76 valence electrons. The van der Waals surface area contributed by atoms with E-state index in [0.29, 0.717) is 17.3 Å². The van der Waals surface area contributed by atoms with Gasteiger partial charge in [0.05, 0.1) is 7.11 Å². The van der Waals surface area contributed by atoms with Crippen molar-refractivity contribution in [2.24, 2.45) is 0 Å². The van der Waals surface area contributed by atoms with Crippen molar-refractivity contribution in [1.82, 2.24) is 19.9 Å². The van der Waals surface area contributed by atoms with E-state index in [2.05, 4.69) is 19.9 Å². The monoisotopic (exact) mass is 203 g/mol. The van der Waals surface area contributed by atoms with Gasteiger partial charge in [0.1, 0.15) is 18.3 Å². The lowest BCUT2D eigenvalue weighted by molar-refractivity contribution is 0.415. The summed E-state index contributed by atoms with van der Waals surface area (Å²) in [4.78, 5) is 15.7. The summed E-state index contributed by atoms with van der Waals surface area (Å²) in [6.07, 6.45) is 6.09. The van der Waals surface area contributed by atoms with Gasteiger partial charge < -0.3 is 10.5 Å². The van der Waals surface area contributed by atoms with Gasteiger partial charge in [-0.25, -0.2) is 19.9 Å². The molecule has 0 radical (unpaired) electrons. The predicted octanol–water partition coefficient (Wildman–Crippen LogP) is 0.524. The highest BCUT2D eigenvalue weighted by Crippen LogP contribution is 2.29. The van der Waals surface area contributed by atoms with Gasteiger partial charge >= 0.3 is 0 Å². The normalized spacial score (nSPS) is 9.93. The standard InChI is InChI=1S/C9H9N5O/c1-15-8-7(13-5-14-9(8)10)6-2-11-4-12-3-6/h2-5H,1H3,(H2,10,13,14). The summed E-state index contributed by atoms with van der Waals surface area (Å²) >= 11 is 0. The first-order chi connectivity index (χ1) is 7.33. The van der Waals surface area contributed by atoms with Crippen molar-refractivity contribution in [3.63, 3.8) is 0 Å². The predicted molar refractivity (Wildman–Crippen MR) is 54.0 cm³/mol. The molecule has 0 saturated heterocycles. The molecule has 2 rings (SSSR count). The Morgan fingerprint density at radius 1 is 1.13 bits per heavy atom. The maximum Gasteiger partial charge on any atom is 0.187 e. The molecule has 0 aliphatic rings. The van der Waals surface area contributed by atoms with E-state index < -0.39 is 0 Å². The fraction of sp³-hybridized carbons (Fsp3) is 0.111. The van der Waals surface area contributed by atoms with Crippen LogP contribution in [0.15, 0.2) is 25.0 Å². The molecule has 0 atom stereocenters. The molecule has 0 amide bonds. The van der Waals surface area contributed by atoms with Crippen LogP contribution in [-0.4, -0.2) is 27.0 Å². The second kappa shape index (κ2) is 3.87. The van der Waals surface area contributed by atoms with Crippen LogP contribution >= 0.6 is 0 Å².